The van der Waals surface area contributed by atoms with Gasteiger partial charge in [-0.1, -0.05) is 0 Å². The molecule has 1 amide bonds. The Bertz CT molecular complexity index is 240. The van der Waals surface area contributed by atoms with Gasteiger partial charge in [0.2, 0.25) is 5.91 Å². The van der Waals surface area contributed by atoms with Crippen LogP contribution >= 0.6 is 0 Å². The van der Waals surface area contributed by atoms with Crippen molar-refractivity contribution in [2.24, 2.45) is 5.73 Å². The molecule has 0 bridgehead atoms. The van der Waals surface area contributed by atoms with Gasteiger partial charge in [-0.25, -0.2) is 0 Å². The van der Waals surface area contributed by atoms with Gasteiger partial charge in [0.05, 0.1) is 39.6 Å². The number of hydrogen-bond donors (Lipinski definition) is 2. The summed E-state index contributed by atoms with van der Waals surface area (Å²) in [4.78, 5) is 21.2. The van der Waals surface area contributed by atoms with Gasteiger partial charge >= 0.3 is 0 Å². The number of carbonyl (C=O) groups is 2. The highest BCUT2D eigenvalue weighted by molar-refractivity contribution is 5.77. The van der Waals surface area contributed by atoms with Crippen LogP contribution in [0, 0.1) is 0 Å². The van der Waals surface area contributed by atoms with Gasteiger partial charge < -0.3 is 34.8 Å². The molecule has 0 radical (unpaired) electrons. The Hall–Kier alpha value is -1.06. The van der Waals surface area contributed by atoms with E-state index in [1.165, 1.54) is 0 Å². The van der Waals surface area contributed by atoms with E-state index >= 15 is 0 Å². The van der Waals surface area contributed by atoms with Gasteiger partial charge in [-0.2, -0.15) is 0 Å². The van der Waals surface area contributed by atoms with Crippen molar-refractivity contribution in [2.75, 3.05) is 65.9 Å². The standard InChI is InChI=1S/C12H24N2O6/c13-1-4-17-9-10-20-11-12(16)14-2-5-18-7-8-19-6-3-15/h3H,1-2,4-11,13H2,(H,14,16). The van der Waals surface area contributed by atoms with Crippen molar-refractivity contribution in [3.8, 4) is 0 Å². The van der Waals surface area contributed by atoms with Gasteiger partial charge in [0, 0.05) is 13.1 Å². The molecule has 8 heteroatoms. The number of rotatable bonds is 15. The van der Waals surface area contributed by atoms with Crippen LogP contribution in [0.15, 0.2) is 0 Å². The van der Waals surface area contributed by atoms with Crippen LogP contribution in [0.3, 0.4) is 0 Å². The molecule has 0 aliphatic carbocycles. The van der Waals surface area contributed by atoms with Crippen molar-refractivity contribution >= 4 is 12.2 Å². The molecule has 0 atom stereocenters. The number of nitrogens with two attached hydrogens (primary N) is 1. The van der Waals surface area contributed by atoms with E-state index in [4.69, 9.17) is 24.7 Å². The molecule has 3 N–H and O–H groups in total. The van der Waals surface area contributed by atoms with E-state index in [-0.39, 0.29) is 19.1 Å². The lowest BCUT2D eigenvalue weighted by atomic mass is 10.6. The summed E-state index contributed by atoms with van der Waals surface area (Å²) in [6.07, 6.45) is 0.682. The second-order valence-corrected chi connectivity index (χ2v) is 3.66. The summed E-state index contributed by atoms with van der Waals surface area (Å²) in [6.45, 7) is 3.35. The highest BCUT2D eigenvalue weighted by atomic mass is 16.5. The average Bonchev–Trinajstić information content (AvgIpc) is 2.45. The van der Waals surface area contributed by atoms with Crippen molar-refractivity contribution < 1.29 is 28.5 Å². The molecule has 118 valence electrons. The molecular formula is C12H24N2O6. The van der Waals surface area contributed by atoms with Gasteiger partial charge in [-0.3, -0.25) is 4.79 Å². The molecule has 0 spiro atoms. The van der Waals surface area contributed by atoms with Crippen LogP contribution in [0.25, 0.3) is 0 Å². The predicted molar refractivity (Wildman–Crippen MR) is 71.4 cm³/mol. The molecule has 0 unspecified atom stereocenters. The summed E-state index contributed by atoms with van der Waals surface area (Å²) >= 11 is 0. The Labute approximate surface area is 118 Å². The number of carbonyl (C=O) groups excluding carboxylic acids is 2. The first-order chi connectivity index (χ1) is 9.81. The SMILES string of the molecule is NCCOCCOCC(=O)NCCOCCOCC=O. The maximum Gasteiger partial charge on any atom is 0.246 e. The molecule has 0 aliphatic heterocycles. The van der Waals surface area contributed by atoms with Crippen LogP contribution in [0.4, 0.5) is 0 Å². The fourth-order valence-electron chi connectivity index (χ4n) is 1.13. The number of hydrogen-bond acceptors (Lipinski definition) is 7. The lowest BCUT2D eigenvalue weighted by molar-refractivity contribution is -0.126. The Morgan fingerprint density at radius 2 is 1.60 bits per heavy atom. The fourth-order valence-corrected chi connectivity index (χ4v) is 1.13. The maximum atomic E-state index is 11.3. The van der Waals surface area contributed by atoms with Crippen molar-refractivity contribution in [3.63, 3.8) is 0 Å². The van der Waals surface area contributed by atoms with Gasteiger partial charge in [0.25, 0.3) is 0 Å². The minimum atomic E-state index is -0.204. The van der Waals surface area contributed by atoms with Crippen LogP contribution < -0.4 is 11.1 Å². The van der Waals surface area contributed by atoms with Gasteiger partial charge in [-0.15, -0.1) is 0 Å². The topological polar surface area (TPSA) is 109 Å². The summed E-state index contributed by atoms with van der Waals surface area (Å²) in [6, 6.07) is 0. The number of nitrogens with one attached hydrogen (secondary N) is 1. The summed E-state index contributed by atoms with van der Waals surface area (Å²) in [5, 5.41) is 2.64. The highest BCUT2D eigenvalue weighted by Crippen LogP contribution is 1.80. The number of amides is 1. The van der Waals surface area contributed by atoms with Crippen LogP contribution in [-0.2, 0) is 28.5 Å². The van der Waals surface area contributed by atoms with Crippen LogP contribution in [0.5, 0.6) is 0 Å². The van der Waals surface area contributed by atoms with E-state index in [2.05, 4.69) is 5.32 Å². The van der Waals surface area contributed by atoms with Crippen LogP contribution in [0.2, 0.25) is 0 Å². The first-order valence-corrected chi connectivity index (χ1v) is 6.52. The minimum Gasteiger partial charge on any atom is -0.378 e. The molecule has 20 heavy (non-hydrogen) atoms. The van der Waals surface area contributed by atoms with Crippen molar-refractivity contribution in [1.29, 1.82) is 0 Å². The van der Waals surface area contributed by atoms with Gasteiger partial charge in [-0.05, 0) is 0 Å². The quantitative estimate of drug-likeness (QED) is 0.274. The maximum absolute atomic E-state index is 11.3. The molecule has 0 aromatic carbocycles. The largest absolute Gasteiger partial charge is 0.378 e. The molecule has 0 saturated carbocycles. The summed E-state index contributed by atoms with van der Waals surface area (Å²) < 4.78 is 20.2. The van der Waals surface area contributed by atoms with E-state index in [0.717, 1.165) is 0 Å². The zero-order chi connectivity index (χ0) is 14.9. The summed E-state index contributed by atoms with van der Waals surface area (Å²) in [5.74, 6) is -0.204. The van der Waals surface area contributed by atoms with Crippen LogP contribution in [-0.4, -0.2) is 78.1 Å². The highest BCUT2D eigenvalue weighted by Gasteiger charge is 2.00. The normalized spacial score (nSPS) is 10.4. The Balaban J connectivity index is 3.14. The second-order valence-electron chi connectivity index (χ2n) is 3.66. The monoisotopic (exact) mass is 292 g/mol. The molecular weight excluding hydrogens is 268 g/mol. The smallest absolute Gasteiger partial charge is 0.246 e. The van der Waals surface area contributed by atoms with Crippen molar-refractivity contribution in [3.05, 3.63) is 0 Å². The van der Waals surface area contributed by atoms with E-state index in [9.17, 15) is 9.59 Å². The lowest BCUT2D eigenvalue weighted by Crippen LogP contribution is -2.31. The zero-order valence-corrected chi connectivity index (χ0v) is 11.7. The zero-order valence-electron chi connectivity index (χ0n) is 11.7. The Morgan fingerprint density at radius 3 is 2.30 bits per heavy atom. The van der Waals surface area contributed by atoms with Crippen molar-refractivity contribution in [1.82, 2.24) is 5.32 Å². The second kappa shape index (κ2) is 16.0. The van der Waals surface area contributed by atoms with E-state index < -0.39 is 0 Å². The third-order valence-electron chi connectivity index (χ3n) is 1.99. The number of ether oxygens (including phenoxy) is 4. The third-order valence-corrected chi connectivity index (χ3v) is 1.99. The average molecular weight is 292 g/mol. The molecule has 0 aromatic rings. The molecule has 0 aromatic heterocycles. The third kappa shape index (κ3) is 15.0. The minimum absolute atomic E-state index is 0.00552. The van der Waals surface area contributed by atoms with Crippen molar-refractivity contribution in [2.45, 2.75) is 0 Å². The Morgan fingerprint density at radius 1 is 0.950 bits per heavy atom. The molecule has 0 rings (SSSR count). The molecule has 0 heterocycles. The molecule has 0 saturated heterocycles. The van der Waals surface area contributed by atoms with Gasteiger partial charge in [0.15, 0.2) is 0 Å². The summed E-state index contributed by atoms with van der Waals surface area (Å²) in [5.41, 5.74) is 5.24. The fraction of sp³-hybridized carbons (Fsp3) is 0.833. The first-order valence-electron chi connectivity index (χ1n) is 6.52. The van der Waals surface area contributed by atoms with E-state index in [1.807, 2.05) is 0 Å². The first kappa shape index (κ1) is 18.9. The van der Waals surface area contributed by atoms with Crippen LogP contribution in [0.1, 0.15) is 0 Å². The molecule has 8 nitrogen and oxygen atoms in total. The number of aldehydes is 1. The van der Waals surface area contributed by atoms with E-state index in [0.29, 0.717) is 59.0 Å². The molecule has 0 fully saturated rings. The molecule has 0 aliphatic rings. The summed E-state index contributed by atoms with van der Waals surface area (Å²) in [7, 11) is 0. The predicted octanol–water partition coefficient (Wildman–Crippen LogP) is -1.67. The van der Waals surface area contributed by atoms with Gasteiger partial charge in [0.1, 0.15) is 19.5 Å². The van der Waals surface area contributed by atoms with E-state index in [1.54, 1.807) is 0 Å². The Kier molecular flexibility index (Phi) is 15.1. The lowest BCUT2D eigenvalue weighted by Gasteiger charge is -2.07.